The molecule has 112 valence electrons. The third kappa shape index (κ3) is 1.52. The topological polar surface area (TPSA) is 17.1 Å². The fourth-order valence-electron chi connectivity index (χ4n) is 6.11. The molecule has 4 atom stereocenters. The van der Waals surface area contributed by atoms with Crippen molar-refractivity contribution in [3.05, 3.63) is 0 Å². The quantitative estimate of drug-likeness (QED) is 0.650. The molecule has 0 radical (unpaired) electrons. The van der Waals surface area contributed by atoms with Crippen molar-refractivity contribution in [3.8, 4) is 0 Å². The summed E-state index contributed by atoms with van der Waals surface area (Å²) in [6.07, 6.45) is 6.33. The molecule has 1 heterocycles. The lowest BCUT2D eigenvalue weighted by molar-refractivity contribution is -0.139. The van der Waals surface area contributed by atoms with E-state index in [4.69, 9.17) is 0 Å². The molecule has 0 aromatic carbocycles. The van der Waals surface area contributed by atoms with Crippen LogP contribution < -0.4 is 0 Å². The summed E-state index contributed by atoms with van der Waals surface area (Å²) in [5, 5.41) is 0. The molecule has 0 aromatic heterocycles. The molecule has 0 unspecified atom stereocenters. The number of carbonyl (C=O) groups is 1. The van der Waals surface area contributed by atoms with Crippen molar-refractivity contribution in [2.24, 2.45) is 28.6 Å². The SMILES string of the molecule is CC1(C)CCC[C@@]2(C)C(=O)C3(SCCS3)[C@H]3CC[C@@H]2[C@H]31. The lowest BCUT2D eigenvalue weighted by Crippen LogP contribution is -2.57. The lowest BCUT2D eigenvalue weighted by atomic mass is 9.56. The number of ketones is 1. The zero-order chi connectivity index (χ0) is 14.2. The summed E-state index contributed by atoms with van der Waals surface area (Å²) in [4.78, 5) is 13.5. The second-order valence-corrected chi connectivity index (χ2v) is 11.2. The van der Waals surface area contributed by atoms with Gasteiger partial charge in [-0.25, -0.2) is 0 Å². The number of fused-ring (bicyclic) bond motifs is 1. The molecule has 4 bridgehead atoms. The summed E-state index contributed by atoms with van der Waals surface area (Å²) in [5.74, 6) is 5.11. The number of thioether (sulfide) groups is 2. The monoisotopic (exact) mass is 310 g/mol. The first-order valence-corrected chi connectivity index (χ1v) is 10.2. The van der Waals surface area contributed by atoms with Crippen LogP contribution in [0.1, 0.15) is 52.9 Å². The van der Waals surface area contributed by atoms with Crippen LogP contribution in [0.2, 0.25) is 0 Å². The first-order valence-electron chi connectivity index (χ1n) is 8.25. The van der Waals surface area contributed by atoms with Crippen LogP contribution in [0.25, 0.3) is 0 Å². The van der Waals surface area contributed by atoms with Crippen molar-refractivity contribution >= 4 is 29.3 Å². The first-order chi connectivity index (χ1) is 9.42. The number of rotatable bonds is 0. The average molecular weight is 311 g/mol. The van der Waals surface area contributed by atoms with Crippen LogP contribution in [0, 0.1) is 28.6 Å². The Kier molecular flexibility index (Phi) is 2.95. The van der Waals surface area contributed by atoms with E-state index in [1.165, 1.54) is 37.2 Å². The predicted molar refractivity (Wildman–Crippen MR) is 88.1 cm³/mol. The van der Waals surface area contributed by atoms with E-state index in [0.717, 1.165) is 12.3 Å². The third-order valence-corrected chi connectivity index (χ3v) is 10.5. The summed E-state index contributed by atoms with van der Waals surface area (Å²) >= 11 is 4.02. The number of hydrogen-bond acceptors (Lipinski definition) is 3. The minimum absolute atomic E-state index is 0.0181. The minimum Gasteiger partial charge on any atom is -0.297 e. The summed E-state index contributed by atoms with van der Waals surface area (Å²) in [7, 11) is 0. The van der Waals surface area contributed by atoms with Gasteiger partial charge < -0.3 is 0 Å². The molecule has 1 spiro atoms. The molecule has 3 aliphatic carbocycles. The van der Waals surface area contributed by atoms with Gasteiger partial charge >= 0.3 is 0 Å². The van der Waals surface area contributed by atoms with E-state index in [-0.39, 0.29) is 9.49 Å². The summed E-state index contributed by atoms with van der Waals surface area (Å²) in [6, 6.07) is 0. The molecule has 1 aliphatic heterocycles. The van der Waals surface area contributed by atoms with E-state index in [9.17, 15) is 4.79 Å². The molecule has 0 N–H and O–H groups in total. The Morgan fingerprint density at radius 1 is 1.00 bits per heavy atom. The fourth-order valence-corrected chi connectivity index (χ4v) is 9.91. The number of Topliss-reactive ketones (excluding diaryl/α,β-unsaturated/α-hetero) is 1. The molecule has 20 heavy (non-hydrogen) atoms. The maximum atomic E-state index is 13.5. The van der Waals surface area contributed by atoms with Crippen LogP contribution in [0.4, 0.5) is 0 Å². The zero-order valence-electron chi connectivity index (χ0n) is 12.9. The molecule has 1 nitrogen and oxygen atoms in total. The van der Waals surface area contributed by atoms with Crippen LogP contribution in [0.15, 0.2) is 0 Å². The lowest BCUT2D eigenvalue weighted by Gasteiger charge is -2.53. The molecule has 1 saturated heterocycles. The van der Waals surface area contributed by atoms with Gasteiger partial charge in [0.15, 0.2) is 5.78 Å². The van der Waals surface area contributed by atoms with E-state index in [0.29, 0.717) is 23.0 Å². The summed E-state index contributed by atoms with van der Waals surface area (Å²) in [6.45, 7) is 7.31. The highest BCUT2D eigenvalue weighted by Gasteiger charge is 2.70. The van der Waals surface area contributed by atoms with Gasteiger partial charge in [0.2, 0.25) is 0 Å². The molecular weight excluding hydrogens is 284 g/mol. The van der Waals surface area contributed by atoms with Crippen LogP contribution in [0.3, 0.4) is 0 Å². The van der Waals surface area contributed by atoms with Gasteiger partial charge in [0, 0.05) is 16.9 Å². The van der Waals surface area contributed by atoms with E-state index in [2.05, 4.69) is 20.8 Å². The number of hydrogen-bond donors (Lipinski definition) is 0. The third-order valence-electron chi connectivity index (χ3n) is 6.93. The van der Waals surface area contributed by atoms with Gasteiger partial charge in [-0.3, -0.25) is 4.79 Å². The van der Waals surface area contributed by atoms with Gasteiger partial charge in [0.05, 0.1) is 0 Å². The highest BCUT2D eigenvalue weighted by atomic mass is 32.2. The minimum atomic E-state index is -0.0615. The van der Waals surface area contributed by atoms with Crippen molar-refractivity contribution in [1.29, 1.82) is 0 Å². The summed E-state index contributed by atoms with van der Waals surface area (Å²) in [5.41, 5.74) is 0.413. The fraction of sp³-hybridized carbons (Fsp3) is 0.941. The average Bonchev–Trinajstić information content (AvgIpc) is 3.00. The Balaban J connectivity index is 1.89. The van der Waals surface area contributed by atoms with Crippen molar-refractivity contribution in [3.63, 3.8) is 0 Å². The van der Waals surface area contributed by atoms with Crippen molar-refractivity contribution in [2.45, 2.75) is 57.0 Å². The van der Waals surface area contributed by atoms with Gasteiger partial charge in [0.25, 0.3) is 0 Å². The molecule has 4 rings (SSSR count). The summed E-state index contributed by atoms with van der Waals surface area (Å²) < 4.78 is -0.0615. The van der Waals surface area contributed by atoms with E-state index in [1.54, 1.807) is 0 Å². The van der Waals surface area contributed by atoms with Crippen LogP contribution in [-0.4, -0.2) is 21.4 Å². The first kappa shape index (κ1) is 14.0. The van der Waals surface area contributed by atoms with Crippen molar-refractivity contribution < 1.29 is 4.79 Å². The Bertz CT molecular complexity index is 452. The Morgan fingerprint density at radius 3 is 2.35 bits per heavy atom. The Hall–Kier alpha value is 0.370. The zero-order valence-corrected chi connectivity index (χ0v) is 14.5. The van der Waals surface area contributed by atoms with Gasteiger partial charge in [-0.1, -0.05) is 27.2 Å². The Morgan fingerprint density at radius 2 is 1.65 bits per heavy atom. The van der Waals surface area contributed by atoms with Gasteiger partial charge in [0.1, 0.15) is 4.08 Å². The molecule has 0 aromatic rings. The normalized spacial score (nSPS) is 48.5. The molecule has 4 fully saturated rings. The smallest absolute Gasteiger partial charge is 0.165 e. The van der Waals surface area contributed by atoms with E-state index >= 15 is 0 Å². The molecular formula is C17H26OS2. The van der Waals surface area contributed by atoms with Crippen molar-refractivity contribution in [2.75, 3.05) is 11.5 Å². The second-order valence-electron chi connectivity index (χ2n) is 8.27. The van der Waals surface area contributed by atoms with Crippen molar-refractivity contribution in [1.82, 2.24) is 0 Å². The predicted octanol–water partition coefficient (Wildman–Crippen LogP) is 4.60. The van der Waals surface area contributed by atoms with Gasteiger partial charge in [-0.05, 0) is 48.9 Å². The highest BCUT2D eigenvalue weighted by molar-refractivity contribution is 8.22. The van der Waals surface area contributed by atoms with Gasteiger partial charge in [-0.15, -0.1) is 23.5 Å². The van der Waals surface area contributed by atoms with Gasteiger partial charge in [-0.2, -0.15) is 0 Å². The maximum absolute atomic E-state index is 13.5. The standard InChI is InChI=1S/C17H26OS2/c1-15(2)7-4-8-16(3)11-5-6-12(13(11)15)17(14(16)18)19-9-10-20-17/h11-13H,4-10H2,1-3H3/t11-,12+,13-,16-/m1/s1. The maximum Gasteiger partial charge on any atom is 0.165 e. The molecule has 3 saturated carbocycles. The van der Waals surface area contributed by atoms with E-state index < -0.39 is 0 Å². The highest BCUT2D eigenvalue weighted by Crippen LogP contribution is 2.72. The number of carbonyl (C=O) groups excluding carboxylic acids is 1. The largest absolute Gasteiger partial charge is 0.297 e. The van der Waals surface area contributed by atoms with Crippen LogP contribution in [0.5, 0.6) is 0 Å². The Labute approximate surface area is 131 Å². The molecule has 4 aliphatic rings. The molecule has 3 heteroatoms. The van der Waals surface area contributed by atoms with E-state index in [1.807, 2.05) is 23.5 Å². The second kappa shape index (κ2) is 4.22. The van der Waals surface area contributed by atoms with Crippen LogP contribution >= 0.6 is 23.5 Å². The van der Waals surface area contributed by atoms with Crippen LogP contribution in [-0.2, 0) is 4.79 Å². The molecule has 0 amide bonds.